The summed E-state index contributed by atoms with van der Waals surface area (Å²) in [6, 6.07) is 3.13. The van der Waals surface area contributed by atoms with Crippen LogP contribution in [0.2, 0.25) is 0 Å². The van der Waals surface area contributed by atoms with Crippen molar-refractivity contribution in [3.05, 3.63) is 0 Å². The van der Waals surface area contributed by atoms with Crippen molar-refractivity contribution >= 4 is 0 Å². The van der Waals surface area contributed by atoms with Gasteiger partial charge in [-0.15, -0.1) is 0 Å². The zero-order valence-electron chi connectivity index (χ0n) is 9.01. The van der Waals surface area contributed by atoms with Crippen LogP contribution in [0.25, 0.3) is 0 Å². The molecule has 1 rings (SSSR count). The molecular weight excluding hydrogens is 160 g/mol. The average molecular weight is 180 g/mol. The second-order valence-electron chi connectivity index (χ2n) is 4.38. The van der Waals surface area contributed by atoms with E-state index in [1.807, 2.05) is 0 Å². The number of rotatable bonds is 2. The van der Waals surface area contributed by atoms with E-state index < -0.39 is 0 Å². The zero-order chi connectivity index (χ0) is 9.90. The Morgan fingerprint density at radius 1 is 1.38 bits per heavy atom. The Balaban J connectivity index is 2.51. The van der Waals surface area contributed by atoms with E-state index >= 15 is 0 Å². The Bertz CT molecular complexity index is 195. The van der Waals surface area contributed by atoms with E-state index in [1.54, 1.807) is 0 Å². The van der Waals surface area contributed by atoms with E-state index in [0.29, 0.717) is 6.04 Å². The lowest BCUT2D eigenvalue weighted by molar-refractivity contribution is 0.115. The van der Waals surface area contributed by atoms with E-state index in [4.69, 9.17) is 5.26 Å². The molecule has 74 valence electrons. The third-order valence-corrected chi connectivity index (χ3v) is 3.40. The molecule has 1 aliphatic heterocycles. The van der Waals surface area contributed by atoms with Crippen molar-refractivity contribution < 1.29 is 0 Å². The van der Waals surface area contributed by atoms with E-state index in [9.17, 15) is 0 Å². The maximum absolute atomic E-state index is 9.10. The molecule has 0 atom stereocenters. The minimum absolute atomic E-state index is 0.00854. The highest BCUT2D eigenvalue weighted by Gasteiger charge is 2.33. The van der Waals surface area contributed by atoms with Crippen molar-refractivity contribution in [2.24, 2.45) is 5.41 Å². The lowest BCUT2D eigenvalue weighted by Gasteiger charge is -2.38. The molecule has 1 aliphatic rings. The molecule has 13 heavy (non-hydrogen) atoms. The highest BCUT2D eigenvalue weighted by atomic mass is 15.1. The van der Waals surface area contributed by atoms with E-state index in [-0.39, 0.29) is 5.41 Å². The SMILES string of the molecule is CCC1(C#N)CCN(C(C)C)CC1. The summed E-state index contributed by atoms with van der Waals surface area (Å²) in [5.74, 6) is 0. The summed E-state index contributed by atoms with van der Waals surface area (Å²) in [6.45, 7) is 8.78. The van der Waals surface area contributed by atoms with Crippen LogP contribution in [0.1, 0.15) is 40.0 Å². The monoisotopic (exact) mass is 180 g/mol. The van der Waals surface area contributed by atoms with Gasteiger partial charge in [-0.1, -0.05) is 6.92 Å². The second kappa shape index (κ2) is 4.11. The smallest absolute Gasteiger partial charge is 0.0690 e. The van der Waals surface area contributed by atoms with Gasteiger partial charge in [0, 0.05) is 6.04 Å². The minimum atomic E-state index is -0.00854. The molecule has 0 aromatic rings. The average Bonchev–Trinajstić information content (AvgIpc) is 2.18. The van der Waals surface area contributed by atoms with Crippen LogP contribution >= 0.6 is 0 Å². The number of nitriles is 1. The van der Waals surface area contributed by atoms with E-state index in [1.165, 1.54) is 0 Å². The van der Waals surface area contributed by atoms with Crippen molar-refractivity contribution in [3.8, 4) is 6.07 Å². The first-order valence-corrected chi connectivity index (χ1v) is 5.29. The van der Waals surface area contributed by atoms with Gasteiger partial charge in [0.25, 0.3) is 0 Å². The van der Waals surface area contributed by atoms with Gasteiger partial charge in [-0.25, -0.2) is 0 Å². The zero-order valence-corrected chi connectivity index (χ0v) is 9.01. The van der Waals surface area contributed by atoms with Gasteiger partial charge in [0.2, 0.25) is 0 Å². The molecule has 0 spiro atoms. The Hall–Kier alpha value is -0.550. The van der Waals surface area contributed by atoms with Crippen molar-refractivity contribution in [1.29, 1.82) is 5.26 Å². The summed E-state index contributed by atoms with van der Waals surface area (Å²) in [6.07, 6.45) is 3.12. The fourth-order valence-corrected chi connectivity index (χ4v) is 2.01. The van der Waals surface area contributed by atoms with E-state index in [2.05, 4.69) is 31.7 Å². The fraction of sp³-hybridized carbons (Fsp3) is 0.909. The first-order valence-electron chi connectivity index (χ1n) is 5.29. The standard InChI is InChI=1S/C11H20N2/c1-4-11(9-12)5-7-13(8-6-11)10(2)3/h10H,4-8H2,1-3H3. The van der Waals surface area contributed by atoms with E-state index in [0.717, 1.165) is 32.4 Å². The van der Waals surface area contributed by atoms with Crippen LogP contribution < -0.4 is 0 Å². The summed E-state index contributed by atoms with van der Waals surface area (Å²) in [5, 5.41) is 9.10. The maximum atomic E-state index is 9.10. The Labute approximate surface area is 81.5 Å². The molecule has 0 unspecified atom stereocenters. The number of hydrogen-bond donors (Lipinski definition) is 0. The van der Waals surface area contributed by atoms with Gasteiger partial charge in [0.15, 0.2) is 0 Å². The predicted molar refractivity (Wildman–Crippen MR) is 54.3 cm³/mol. The largest absolute Gasteiger partial charge is 0.301 e. The molecule has 0 aliphatic carbocycles. The van der Waals surface area contributed by atoms with Gasteiger partial charge in [-0.2, -0.15) is 5.26 Å². The van der Waals surface area contributed by atoms with Crippen LogP contribution in [0.5, 0.6) is 0 Å². The topological polar surface area (TPSA) is 27.0 Å². The molecule has 2 nitrogen and oxygen atoms in total. The van der Waals surface area contributed by atoms with Gasteiger partial charge >= 0.3 is 0 Å². The Morgan fingerprint density at radius 3 is 2.23 bits per heavy atom. The fourth-order valence-electron chi connectivity index (χ4n) is 2.01. The van der Waals surface area contributed by atoms with Crippen LogP contribution in [-0.2, 0) is 0 Å². The third kappa shape index (κ3) is 2.22. The number of likely N-dealkylation sites (tertiary alicyclic amines) is 1. The van der Waals surface area contributed by atoms with Crippen LogP contribution in [0.15, 0.2) is 0 Å². The molecule has 1 fully saturated rings. The maximum Gasteiger partial charge on any atom is 0.0690 e. The molecule has 0 amide bonds. The van der Waals surface area contributed by atoms with Crippen molar-refractivity contribution in [1.82, 2.24) is 4.90 Å². The number of hydrogen-bond acceptors (Lipinski definition) is 2. The van der Waals surface area contributed by atoms with Gasteiger partial charge in [-0.3, -0.25) is 0 Å². The van der Waals surface area contributed by atoms with Crippen LogP contribution in [0.3, 0.4) is 0 Å². The van der Waals surface area contributed by atoms with Gasteiger partial charge in [-0.05, 0) is 46.2 Å². The molecule has 0 N–H and O–H groups in total. The molecule has 0 aromatic carbocycles. The third-order valence-electron chi connectivity index (χ3n) is 3.40. The molecular formula is C11H20N2. The summed E-state index contributed by atoms with van der Waals surface area (Å²) < 4.78 is 0. The highest BCUT2D eigenvalue weighted by Crippen LogP contribution is 2.34. The number of nitrogens with zero attached hydrogens (tertiary/aromatic N) is 2. The van der Waals surface area contributed by atoms with Crippen LogP contribution in [-0.4, -0.2) is 24.0 Å². The van der Waals surface area contributed by atoms with Crippen molar-refractivity contribution in [2.45, 2.75) is 46.1 Å². The summed E-state index contributed by atoms with van der Waals surface area (Å²) in [7, 11) is 0. The first-order chi connectivity index (χ1) is 6.13. The first kappa shape index (κ1) is 10.5. The number of piperidine rings is 1. The van der Waals surface area contributed by atoms with Crippen LogP contribution in [0, 0.1) is 16.7 Å². The molecule has 0 radical (unpaired) electrons. The second-order valence-corrected chi connectivity index (χ2v) is 4.38. The quantitative estimate of drug-likeness (QED) is 0.652. The Morgan fingerprint density at radius 2 is 1.92 bits per heavy atom. The van der Waals surface area contributed by atoms with Crippen molar-refractivity contribution in [2.75, 3.05) is 13.1 Å². The summed E-state index contributed by atoms with van der Waals surface area (Å²) in [4.78, 5) is 2.46. The highest BCUT2D eigenvalue weighted by molar-refractivity contribution is 5.01. The van der Waals surface area contributed by atoms with Crippen molar-refractivity contribution in [3.63, 3.8) is 0 Å². The molecule has 0 bridgehead atoms. The van der Waals surface area contributed by atoms with Gasteiger partial charge < -0.3 is 4.90 Å². The minimum Gasteiger partial charge on any atom is -0.301 e. The molecule has 1 heterocycles. The Kier molecular flexibility index (Phi) is 3.33. The molecule has 0 saturated carbocycles. The lowest BCUT2D eigenvalue weighted by atomic mass is 9.77. The molecule has 1 saturated heterocycles. The normalized spacial score (nSPS) is 23.0. The molecule has 2 heteroatoms. The van der Waals surface area contributed by atoms with Gasteiger partial charge in [0.1, 0.15) is 0 Å². The van der Waals surface area contributed by atoms with Gasteiger partial charge in [0.05, 0.1) is 11.5 Å². The van der Waals surface area contributed by atoms with Crippen LogP contribution in [0.4, 0.5) is 0 Å². The lowest BCUT2D eigenvalue weighted by Crippen LogP contribution is -2.42. The summed E-state index contributed by atoms with van der Waals surface area (Å²) >= 11 is 0. The molecule has 0 aromatic heterocycles. The predicted octanol–water partition coefficient (Wildman–Crippen LogP) is 2.41. The summed E-state index contributed by atoms with van der Waals surface area (Å²) in [5.41, 5.74) is -0.00854.